The van der Waals surface area contributed by atoms with Gasteiger partial charge in [0.1, 0.15) is 15.6 Å². The van der Waals surface area contributed by atoms with Crippen LogP contribution in [0, 0.1) is 5.92 Å². The van der Waals surface area contributed by atoms with Gasteiger partial charge in [0, 0.05) is 19.6 Å². The molecule has 0 saturated carbocycles. The largest absolute Gasteiger partial charge is 0.492 e. The summed E-state index contributed by atoms with van der Waals surface area (Å²) in [7, 11) is 1.61. The summed E-state index contributed by atoms with van der Waals surface area (Å²) in [5.41, 5.74) is 6.54. The van der Waals surface area contributed by atoms with Crippen LogP contribution in [0.1, 0.15) is 36.4 Å². The summed E-state index contributed by atoms with van der Waals surface area (Å²) >= 11 is 1.43. The highest BCUT2D eigenvalue weighted by Gasteiger charge is 2.29. The first-order valence-corrected chi connectivity index (χ1v) is 7.93. The van der Waals surface area contributed by atoms with E-state index in [1.54, 1.807) is 7.11 Å². The van der Waals surface area contributed by atoms with Gasteiger partial charge in [-0.05, 0) is 19.3 Å². The molecular formula is C14H23N3O2S. The van der Waals surface area contributed by atoms with Gasteiger partial charge in [0.2, 0.25) is 0 Å². The quantitative estimate of drug-likeness (QED) is 0.875. The highest BCUT2D eigenvalue weighted by molar-refractivity contribution is 7.19. The number of anilines is 2. The second kappa shape index (κ2) is 6.35. The summed E-state index contributed by atoms with van der Waals surface area (Å²) in [4.78, 5) is 14.9. The molecule has 1 amide bonds. The molecule has 1 saturated heterocycles. The first-order valence-electron chi connectivity index (χ1n) is 7.11. The van der Waals surface area contributed by atoms with E-state index in [-0.39, 0.29) is 5.91 Å². The Hall–Kier alpha value is -1.43. The van der Waals surface area contributed by atoms with Crippen LogP contribution in [-0.4, -0.2) is 32.7 Å². The molecule has 1 aromatic heterocycles. The number of carbonyl (C=O) groups is 1. The van der Waals surface area contributed by atoms with Crippen LogP contribution in [0.2, 0.25) is 0 Å². The van der Waals surface area contributed by atoms with Gasteiger partial charge in [-0.1, -0.05) is 13.3 Å². The van der Waals surface area contributed by atoms with E-state index in [2.05, 4.69) is 17.1 Å². The fourth-order valence-electron chi connectivity index (χ4n) is 2.58. The van der Waals surface area contributed by atoms with Gasteiger partial charge >= 0.3 is 0 Å². The minimum Gasteiger partial charge on any atom is -0.492 e. The molecule has 0 aliphatic carbocycles. The Morgan fingerprint density at radius 1 is 1.55 bits per heavy atom. The van der Waals surface area contributed by atoms with E-state index in [4.69, 9.17) is 10.5 Å². The minimum absolute atomic E-state index is 0.120. The first kappa shape index (κ1) is 15.0. The lowest BCUT2D eigenvalue weighted by molar-refractivity contribution is 0.0960. The van der Waals surface area contributed by atoms with Crippen LogP contribution in [-0.2, 0) is 0 Å². The van der Waals surface area contributed by atoms with Crippen molar-refractivity contribution in [3.8, 4) is 5.75 Å². The average molecular weight is 297 g/mol. The van der Waals surface area contributed by atoms with E-state index in [1.165, 1.54) is 24.2 Å². The minimum atomic E-state index is -0.120. The molecule has 1 aliphatic heterocycles. The van der Waals surface area contributed by atoms with Gasteiger partial charge in [-0.15, -0.1) is 11.3 Å². The van der Waals surface area contributed by atoms with Crippen molar-refractivity contribution in [1.29, 1.82) is 0 Å². The molecule has 2 heterocycles. The maximum atomic E-state index is 12.0. The summed E-state index contributed by atoms with van der Waals surface area (Å²) in [6.45, 7) is 6.72. The molecule has 0 spiro atoms. The number of amides is 1. The van der Waals surface area contributed by atoms with E-state index >= 15 is 0 Å². The van der Waals surface area contributed by atoms with Gasteiger partial charge in [0.05, 0.1) is 7.11 Å². The molecule has 0 radical (unpaired) electrons. The zero-order chi connectivity index (χ0) is 14.7. The molecule has 1 atom stereocenters. The standard InChI is InChI=1S/C14H23N3O2S/c1-4-9-6-7-17(8-9)14-11(19-3)10(15)12(20-14)13(18)16-5-2/h9H,4-8,15H2,1-3H3,(H,16,18). The highest BCUT2D eigenvalue weighted by Crippen LogP contribution is 2.46. The highest BCUT2D eigenvalue weighted by atomic mass is 32.1. The van der Waals surface area contributed by atoms with Gasteiger partial charge in [-0.3, -0.25) is 4.79 Å². The zero-order valence-corrected chi connectivity index (χ0v) is 13.2. The molecule has 1 aliphatic rings. The Balaban J connectivity index is 2.29. The summed E-state index contributed by atoms with van der Waals surface area (Å²) in [6.07, 6.45) is 2.37. The smallest absolute Gasteiger partial charge is 0.263 e. The van der Waals surface area contributed by atoms with Gasteiger partial charge in [-0.25, -0.2) is 0 Å². The number of hydrogen-bond donors (Lipinski definition) is 2. The van der Waals surface area contributed by atoms with E-state index in [0.717, 1.165) is 24.0 Å². The van der Waals surface area contributed by atoms with Crippen LogP contribution >= 0.6 is 11.3 Å². The van der Waals surface area contributed by atoms with Gasteiger partial charge < -0.3 is 20.7 Å². The second-order valence-corrected chi connectivity index (χ2v) is 6.05. The molecule has 20 heavy (non-hydrogen) atoms. The molecule has 1 aromatic rings. The molecule has 3 N–H and O–H groups in total. The van der Waals surface area contributed by atoms with E-state index in [1.807, 2.05) is 6.92 Å². The number of nitrogens with two attached hydrogens (primary N) is 1. The number of methoxy groups -OCH3 is 1. The topological polar surface area (TPSA) is 67.6 Å². The van der Waals surface area contributed by atoms with Crippen molar-refractivity contribution in [2.24, 2.45) is 5.92 Å². The Kier molecular flexibility index (Phi) is 4.75. The van der Waals surface area contributed by atoms with Crippen LogP contribution in [0.5, 0.6) is 5.75 Å². The number of nitrogens with one attached hydrogen (secondary N) is 1. The number of rotatable bonds is 5. The van der Waals surface area contributed by atoms with Crippen LogP contribution in [0.25, 0.3) is 0 Å². The fraction of sp³-hybridized carbons (Fsp3) is 0.643. The summed E-state index contributed by atoms with van der Waals surface area (Å²) in [5, 5.41) is 3.78. The molecule has 1 fully saturated rings. The number of nitrogen functional groups attached to an aromatic ring is 1. The van der Waals surface area contributed by atoms with E-state index < -0.39 is 0 Å². The molecule has 0 bridgehead atoms. The Bertz CT molecular complexity index is 487. The third kappa shape index (κ3) is 2.70. The van der Waals surface area contributed by atoms with Crippen molar-refractivity contribution in [2.45, 2.75) is 26.7 Å². The monoisotopic (exact) mass is 297 g/mol. The number of ether oxygens (including phenoxy) is 1. The summed E-state index contributed by atoms with van der Waals surface area (Å²) < 4.78 is 5.43. The van der Waals surface area contributed by atoms with Crippen molar-refractivity contribution in [1.82, 2.24) is 5.32 Å². The SMILES string of the molecule is CCNC(=O)c1sc(N2CCC(CC)C2)c(OC)c1N. The van der Waals surface area contributed by atoms with Crippen LogP contribution < -0.4 is 20.7 Å². The van der Waals surface area contributed by atoms with Crippen LogP contribution in [0.3, 0.4) is 0 Å². The number of nitrogens with zero attached hydrogens (tertiary/aromatic N) is 1. The third-order valence-electron chi connectivity index (χ3n) is 3.78. The Morgan fingerprint density at radius 2 is 2.30 bits per heavy atom. The van der Waals surface area contributed by atoms with Crippen molar-refractivity contribution < 1.29 is 9.53 Å². The number of thiophene rings is 1. The molecule has 112 valence electrons. The van der Waals surface area contributed by atoms with Crippen molar-refractivity contribution in [2.75, 3.05) is 37.4 Å². The maximum Gasteiger partial charge on any atom is 0.263 e. The third-order valence-corrected chi connectivity index (χ3v) is 5.03. The van der Waals surface area contributed by atoms with Crippen molar-refractivity contribution >= 4 is 27.9 Å². The number of hydrogen-bond acceptors (Lipinski definition) is 5. The fourth-order valence-corrected chi connectivity index (χ4v) is 3.72. The molecule has 5 nitrogen and oxygen atoms in total. The molecule has 2 rings (SSSR count). The molecule has 1 unspecified atom stereocenters. The normalized spacial score (nSPS) is 18.4. The van der Waals surface area contributed by atoms with E-state index in [0.29, 0.717) is 22.9 Å². The Labute approximate surface area is 124 Å². The van der Waals surface area contributed by atoms with Crippen LogP contribution in [0.4, 0.5) is 10.7 Å². The predicted molar refractivity (Wildman–Crippen MR) is 83.9 cm³/mol. The van der Waals surface area contributed by atoms with Gasteiger partial charge in [-0.2, -0.15) is 0 Å². The van der Waals surface area contributed by atoms with Crippen LogP contribution in [0.15, 0.2) is 0 Å². The number of carbonyl (C=O) groups excluding carboxylic acids is 1. The lowest BCUT2D eigenvalue weighted by Gasteiger charge is -2.17. The van der Waals surface area contributed by atoms with E-state index in [9.17, 15) is 4.79 Å². The lowest BCUT2D eigenvalue weighted by atomic mass is 10.1. The van der Waals surface area contributed by atoms with Crippen molar-refractivity contribution in [3.63, 3.8) is 0 Å². The summed E-state index contributed by atoms with van der Waals surface area (Å²) in [5.74, 6) is 1.25. The molecule has 6 heteroatoms. The molecule has 0 aromatic carbocycles. The Morgan fingerprint density at radius 3 is 2.85 bits per heavy atom. The zero-order valence-electron chi connectivity index (χ0n) is 12.4. The van der Waals surface area contributed by atoms with Crippen molar-refractivity contribution in [3.05, 3.63) is 4.88 Å². The first-order chi connectivity index (χ1) is 9.62. The lowest BCUT2D eigenvalue weighted by Crippen LogP contribution is -2.22. The predicted octanol–water partition coefficient (Wildman–Crippen LogP) is 2.32. The average Bonchev–Trinajstić information content (AvgIpc) is 3.02. The molecular weight excluding hydrogens is 274 g/mol. The summed E-state index contributed by atoms with van der Waals surface area (Å²) in [6, 6.07) is 0. The second-order valence-electron chi connectivity index (χ2n) is 5.05. The van der Waals surface area contributed by atoms with Gasteiger partial charge in [0.25, 0.3) is 5.91 Å². The van der Waals surface area contributed by atoms with Gasteiger partial charge in [0.15, 0.2) is 5.75 Å². The maximum absolute atomic E-state index is 12.0.